The SMILES string of the molecule is CCC(C)N[C@@H]1C[C@H](Cc2ccc(Oc3ccccc3)cc2)C[C@H]1O.Cl. The molecule has 0 radical (unpaired) electrons. The van der Waals surface area contributed by atoms with Crippen molar-refractivity contribution in [1.82, 2.24) is 5.32 Å². The minimum atomic E-state index is -0.223. The largest absolute Gasteiger partial charge is 0.457 e. The molecule has 0 bridgehead atoms. The van der Waals surface area contributed by atoms with Gasteiger partial charge in [0.05, 0.1) is 6.10 Å². The van der Waals surface area contributed by atoms with Gasteiger partial charge < -0.3 is 15.2 Å². The third-order valence-electron chi connectivity index (χ3n) is 5.16. The van der Waals surface area contributed by atoms with E-state index in [1.54, 1.807) is 0 Å². The van der Waals surface area contributed by atoms with Crippen LogP contribution in [0, 0.1) is 5.92 Å². The van der Waals surface area contributed by atoms with Gasteiger partial charge in [0.1, 0.15) is 11.5 Å². The number of benzene rings is 2. The van der Waals surface area contributed by atoms with E-state index >= 15 is 0 Å². The monoisotopic (exact) mass is 375 g/mol. The van der Waals surface area contributed by atoms with E-state index in [-0.39, 0.29) is 24.6 Å². The number of rotatable bonds is 7. The average Bonchev–Trinajstić information content (AvgIpc) is 2.96. The van der Waals surface area contributed by atoms with Gasteiger partial charge >= 0.3 is 0 Å². The fraction of sp³-hybridized carbons (Fsp3) is 0.455. The van der Waals surface area contributed by atoms with Crippen LogP contribution < -0.4 is 10.1 Å². The van der Waals surface area contributed by atoms with E-state index in [1.165, 1.54) is 5.56 Å². The van der Waals surface area contributed by atoms with Crippen molar-refractivity contribution in [3.63, 3.8) is 0 Å². The standard InChI is InChI=1S/C22H29NO2.ClH/c1-3-16(2)23-21-14-18(15-22(21)24)13-17-9-11-20(12-10-17)25-19-7-5-4-6-8-19;/h4-12,16,18,21-24H,3,13-15H2,1-2H3;1H/t16?,18-,21+,22+;/m0./s1. The molecule has 3 nitrogen and oxygen atoms in total. The lowest BCUT2D eigenvalue weighted by atomic mass is 9.97. The lowest BCUT2D eigenvalue weighted by Gasteiger charge is -2.21. The number of para-hydroxylation sites is 1. The fourth-order valence-electron chi connectivity index (χ4n) is 3.60. The third kappa shape index (κ3) is 5.73. The van der Waals surface area contributed by atoms with Crippen LogP contribution in [0.25, 0.3) is 0 Å². The summed E-state index contributed by atoms with van der Waals surface area (Å²) < 4.78 is 5.84. The van der Waals surface area contributed by atoms with E-state index in [1.807, 2.05) is 42.5 Å². The van der Waals surface area contributed by atoms with Crippen LogP contribution in [-0.2, 0) is 6.42 Å². The van der Waals surface area contributed by atoms with Gasteiger partial charge in [-0.2, -0.15) is 0 Å². The third-order valence-corrected chi connectivity index (χ3v) is 5.16. The Labute approximate surface area is 163 Å². The number of aliphatic hydroxyl groups excluding tert-OH is 1. The molecule has 0 amide bonds. The number of aliphatic hydroxyl groups is 1. The lowest BCUT2D eigenvalue weighted by Crippen LogP contribution is -2.40. The van der Waals surface area contributed by atoms with Gasteiger partial charge in [-0.05, 0) is 68.4 Å². The molecule has 0 saturated heterocycles. The minimum absolute atomic E-state index is 0. The first-order chi connectivity index (χ1) is 12.1. The quantitative estimate of drug-likeness (QED) is 0.717. The van der Waals surface area contributed by atoms with E-state index in [2.05, 4.69) is 31.3 Å². The maximum absolute atomic E-state index is 10.3. The molecule has 3 rings (SSSR count). The molecule has 1 saturated carbocycles. The van der Waals surface area contributed by atoms with Crippen LogP contribution in [0.1, 0.15) is 38.7 Å². The molecular weight excluding hydrogens is 346 g/mol. The molecule has 0 spiro atoms. The van der Waals surface area contributed by atoms with Gasteiger partial charge in [-0.3, -0.25) is 0 Å². The smallest absolute Gasteiger partial charge is 0.127 e. The molecule has 1 aliphatic carbocycles. The summed E-state index contributed by atoms with van der Waals surface area (Å²) >= 11 is 0. The van der Waals surface area contributed by atoms with Crippen molar-refractivity contribution in [1.29, 1.82) is 0 Å². The fourth-order valence-corrected chi connectivity index (χ4v) is 3.60. The van der Waals surface area contributed by atoms with E-state index in [4.69, 9.17) is 4.74 Å². The Morgan fingerprint density at radius 2 is 1.69 bits per heavy atom. The molecule has 1 fully saturated rings. The molecular formula is C22H30ClNO2. The highest BCUT2D eigenvalue weighted by molar-refractivity contribution is 5.85. The van der Waals surface area contributed by atoms with Crippen LogP contribution in [-0.4, -0.2) is 23.3 Å². The zero-order valence-corrected chi connectivity index (χ0v) is 16.4. The predicted molar refractivity (Wildman–Crippen MR) is 109 cm³/mol. The zero-order valence-electron chi connectivity index (χ0n) is 15.6. The first-order valence-corrected chi connectivity index (χ1v) is 9.40. The van der Waals surface area contributed by atoms with E-state index in [0.29, 0.717) is 12.0 Å². The molecule has 26 heavy (non-hydrogen) atoms. The first kappa shape index (κ1) is 20.8. The van der Waals surface area contributed by atoms with E-state index in [0.717, 1.165) is 37.2 Å². The van der Waals surface area contributed by atoms with Crippen LogP contribution in [0.4, 0.5) is 0 Å². The normalized spacial score (nSPS) is 23.3. The predicted octanol–water partition coefficient (Wildman–Crippen LogP) is 4.97. The Balaban J connectivity index is 0.00000243. The van der Waals surface area contributed by atoms with Crippen LogP contribution in [0.15, 0.2) is 54.6 Å². The zero-order chi connectivity index (χ0) is 17.6. The molecule has 0 aliphatic heterocycles. The maximum Gasteiger partial charge on any atom is 0.127 e. The highest BCUT2D eigenvalue weighted by Crippen LogP contribution is 2.30. The van der Waals surface area contributed by atoms with Crippen molar-refractivity contribution in [2.24, 2.45) is 5.92 Å². The molecule has 1 aliphatic rings. The summed E-state index contributed by atoms with van der Waals surface area (Å²) in [4.78, 5) is 0. The van der Waals surface area contributed by atoms with Crippen molar-refractivity contribution in [3.8, 4) is 11.5 Å². The Kier molecular flexibility index (Phi) is 7.95. The van der Waals surface area contributed by atoms with Crippen molar-refractivity contribution >= 4 is 12.4 Å². The van der Waals surface area contributed by atoms with Gasteiger partial charge in [-0.1, -0.05) is 37.3 Å². The molecule has 1 unspecified atom stereocenters. The first-order valence-electron chi connectivity index (χ1n) is 9.40. The second-order valence-corrected chi connectivity index (χ2v) is 7.25. The summed E-state index contributed by atoms with van der Waals surface area (Å²) in [5, 5.41) is 13.9. The van der Waals surface area contributed by atoms with Crippen LogP contribution in [0.3, 0.4) is 0 Å². The Bertz CT molecular complexity index is 647. The van der Waals surface area contributed by atoms with Crippen LogP contribution in [0.5, 0.6) is 11.5 Å². The summed E-state index contributed by atoms with van der Waals surface area (Å²) in [6.07, 6.45) is 3.82. The van der Waals surface area contributed by atoms with Gasteiger partial charge in [-0.25, -0.2) is 0 Å². The summed E-state index contributed by atoms with van der Waals surface area (Å²) in [6.45, 7) is 4.36. The number of ether oxygens (including phenoxy) is 1. The number of hydrogen-bond acceptors (Lipinski definition) is 3. The van der Waals surface area contributed by atoms with Gasteiger partial charge in [0.25, 0.3) is 0 Å². The summed E-state index contributed by atoms with van der Waals surface area (Å²) in [5.41, 5.74) is 1.31. The molecule has 4 atom stereocenters. The minimum Gasteiger partial charge on any atom is -0.457 e. The number of hydrogen-bond donors (Lipinski definition) is 2. The Morgan fingerprint density at radius 1 is 1.04 bits per heavy atom. The van der Waals surface area contributed by atoms with E-state index < -0.39 is 0 Å². The van der Waals surface area contributed by atoms with E-state index in [9.17, 15) is 5.11 Å². The summed E-state index contributed by atoms with van der Waals surface area (Å²) in [7, 11) is 0. The highest BCUT2D eigenvalue weighted by atomic mass is 35.5. The number of nitrogens with one attached hydrogen (secondary N) is 1. The molecule has 2 N–H and O–H groups in total. The topological polar surface area (TPSA) is 41.5 Å². The van der Waals surface area contributed by atoms with Crippen molar-refractivity contribution in [3.05, 3.63) is 60.2 Å². The lowest BCUT2D eigenvalue weighted by molar-refractivity contribution is 0.141. The van der Waals surface area contributed by atoms with Crippen molar-refractivity contribution in [2.75, 3.05) is 0 Å². The van der Waals surface area contributed by atoms with Gasteiger partial charge in [0, 0.05) is 12.1 Å². The number of halogens is 1. The second kappa shape index (κ2) is 9.96. The second-order valence-electron chi connectivity index (χ2n) is 7.25. The van der Waals surface area contributed by atoms with Gasteiger partial charge in [0.2, 0.25) is 0 Å². The van der Waals surface area contributed by atoms with Crippen molar-refractivity contribution < 1.29 is 9.84 Å². The Morgan fingerprint density at radius 3 is 2.35 bits per heavy atom. The maximum atomic E-state index is 10.3. The molecule has 4 heteroatoms. The highest BCUT2D eigenvalue weighted by Gasteiger charge is 2.33. The van der Waals surface area contributed by atoms with Crippen LogP contribution >= 0.6 is 12.4 Å². The molecule has 142 valence electrons. The summed E-state index contributed by atoms with van der Waals surface area (Å²) in [6, 6.07) is 18.9. The molecule has 2 aromatic rings. The molecule has 2 aromatic carbocycles. The van der Waals surface area contributed by atoms with Crippen LogP contribution in [0.2, 0.25) is 0 Å². The average molecular weight is 376 g/mol. The van der Waals surface area contributed by atoms with Gasteiger partial charge in [-0.15, -0.1) is 12.4 Å². The molecule has 0 heterocycles. The van der Waals surface area contributed by atoms with Gasteiger partial charge in [0.15, 0.2) is 0 Å². The Hall–Kier alpha value is -1.55. The molecule has 0 aromatic heterocycles. The summed E-state index contributed by atoms with van der Waals surface area (Å²) in [5.74, 6) is 2.25. The van der Waals surface area contributed by atoms with Crippen molar-refractivity contribution in [2.45, 2.75) is 57.7 Å².